The molecule has 16 heavy (non-hydrogen) atoms. The number of carbonyl (C=O) groups is 1. The Labute approximate surface area is 95.7 Å². The zero-order valence-corrected chi connectivity index (χ0v) is 9.52. The third kappa shape index (κ3) is 2.58. The second-order valence-corrected chi connectivity index (χ2v) is 4.07. The highest BCUT2D eigenvalue weighted by molar-refractivity contribution is 5.82. The topological polar surface area (TPSA) is 45.2 Å². The minimum atomic E-state index is -0.0440. The van der Waals surface area contributed by atoms with Gasteiger partial charge in [-0.3, -0.25) is 9.78 Å². The van der Waals surface area contributed by atoms with Crippen LogP contribution in [0.5, 0.6) is 0 Å². The van der Waals surface area contributed by atoms with Gasteiger partial charge in [0.1, 0.15) is 0 Å². The van der Waals surface area contributed by atoms with Crippen molar-refractivity contribution in [2.75, 3.05) is 19.6 Å². The summed E-state index contributed by atoms with van der Waals surface area (Å²) in [6, 6.07) is 5.83. The molecule has 0 radical (unpaired) electrons. The molecule has 1 N–H and O–H groups in total. The summed E-state index contributed by atoms with van der Waals surface area (Å²) in [5.74, 6) is 0.196. The Kier molecular flexibility index (Phi) is 3.51. The van der Waals surface area contributed by atoms with Crippen molar-refractivity contribution < 1.29 is 4.79 Å². The fraction of sp³-hybridized carbons (Fsp3) is 0.500. The molecule has 1 aliphatic rings. The van der Waals surface area contributed by atoms with Gasteiger partial charge >= 0.3 is 0 Å². The summed E-state index contributed by atoms with van der Waals surface area (Å²) in [5.41, 5.74) is 1.04. The highest BCUT2D eigenvalue weighted by Crippen LogP contribution is 2.03. The van der Waals surface area contributed by atoms with Crippen LogP contribution >= 0.6 is 0 Å². The average Bonchev–Trinajstić information content (AvgIpc) is 2.32. The predicted molar refractivity (Wildman–Crippen MR) is 62.0 cm³/mol. The molecule has 2 heterocycles. The van der Waals surface area contributed by atoms with Gasteiger partial charge in [-0.05, 0) is 19.1 Å². The third-order valence-corrected chi connectivity index (χ3v) is 2.88. The number of aromatic nitrogens is 1. The first-order valence-electron chi connectivity index (χ1n) is 5.69. The van der Waals surface area contributed by atoms with Gasteiger partial charge in [-0.15, -0.1) is 0 Å². The molecule has 1 aliphatic heterocycles. The Hall–Kier alpha value is -1.42. The first kappa shape index (κ1) is 11.1. The molecular weight excluding hydrogens is 202 g/mol. The Morgan fingerprint density at radius 1 is 1.56 bits per heavy atom. The number of nitrogens with one attached hydrogen (secondary N) is 1. The molecule has 0 bridgehead atoms. The predicted octanol–water partition coefficient (Wildman–Crippen LogP) is 0.444. The van der Waals surface area contributed by atoms with Crippen molar-refractivity contribution in [1.82, 2.24) is 15.2 Å². The quantitative estimate of drug-likeness (QED) is 0.802. The zero-order chi connectivity index (χ0) is 11.4. The van der Waals surface area contributed by atoms with Crippen LogP contribution in [-0.4, -0.2) is 41.5 Å². The van der Waals surface area contributed by atoms with Crippen LogP contribution in [0.1, 0.15) is 12.6 Å². The van der Waals surface area contributed by atoms with Gasteiger partial charge < -0.3 is 10.2 Å². The smallest absolute Gasteiger partial charge is 0.239 e. The van der Waals surface area contributed by atoms with Crippen molar-refractivity contribution in [3.05, 3.63) is 30.1 Å². The standard InChI is InChI=1S/C12H17N3O/c1-10-12(16)15(9-7-13-10)8-5-11-4-2-3-6-14-11/h2-4,6,10,13H,5,7-9H2,1H3. The number of nitrogens with zero attached hydrogens (tertiary/aromatic N) is 2. The van der Waals surface area contributed by atoms with Gasteiger partial charge in [0.2, 0.25) is 5.91 Å². The van der Waals surface area contributed by atoms with Gasteiger partial charge in [-0.25, -0.2) is 0 Å². The van der Waals surface area contributed by atoms with E-state index in [4.69, 9.17) is 0 Å². The molecule has 1 aromatic rings. The summed E-state index contributed by atoms with van der Waals surface area (Å²) < 4.78 is 0. The van der Waals surface area contributed by atoms with Crippen molar-refractivity contribution in [2.45, 2.75) is 19.4 Å². The molecule has 2 rings (SSSR count). The second-order valence-electron chi connectivity index (χ2n) is 4.07. The molecule has 1 aromatic heterocycles. The number of piperazine rings is 1. The summed E-state index contributed by atoms with van der Waals surface area (Å²) in [5, 5.41) is 3.15. The van der Waals surface area contributed by atoms with Gasteiger partial charge in [-0.1, -0.05) is 6.07 Å². The maximum Gasteiger partial charge on any atom is 0.239 e. The molecule has 1 amide bonds. The number of hydrogen-bond acceptors (Lipinski definition) is 3. The van der Waals surface area contributed by atoms with Crippen molar-refractivity contribution in [3.63, 3.8) is 0 Å². The summed E-state index contributed by atoms with van der Waals surface area (Å²) in [6.45, 7) is 4.36. The van der Waals surface area contributed by atoms with Crippen LogP contribution in [0.15, 0.2) is 24.4 Å². The van der Waals surface area contributed by atoms with E-state index in [2.05, 4.69) is 10.3 Å². The Bertz CT molecular complexity index is 353. The monoisotopic (exact) mass is 219 g/mol. The van der Waals surface area contributed by atoms with E-state index in [0.29, 0.717) is 0 Å². The minimum absolute atomic E-state index is 0.0440. The maximum absolute atomic E-state index is 11.8. The largest absolute Gasteiger partial charge is 0.340 e. The van der Waals surface area contributed by atoms with E-state index in [0.717, 1.165) is 31.7 Å². The Morgan fingerprint density at radius 3 is 3.19 bits per heavy atom. The molecule has 0 aliphatic carbocycles. The molecule has 4 nitrogen and oxygen atoms in total. The Morgan fingerprint density at radius 2 is 2.44 bits per heavy atom. The van der Waals surface area contributed by atoms with Gasteiger partial charge in [0, 0.05) is 37.9 Å². The second kappa shape index (κ2) is 5.07. The maximum atomic E-state index is 11.8. The van der Waals surface area contributed by atoms with Crippen LogP contribution in [-0.2, 0) is 11.2 Å². The molecule has 1 atom stereocenters. The molecule has 1 fully saturated rings. The summed E-state index contributed by atoms with van der Waals surface area (Å²) in [4.78, 5) is 18.0. The molecule has 1 saturated heterocycles. The van der Waals surface area contributed by atoms with E-state index in [-0.39, 0.29) is 11.9 Å². The molecule has 4 heteroatoms. The number of rotatable bonds is 3. The molecule has 0 saturated carbocycles. The summed E-state index contributed by atoms with van der Waals surface area (Å²) in [6.07, 6.45) is 2.62. The third-order valence-electron chi connectivity index (χ3n) is 2.88. The van der Waals surface area contributed by atoms with Crippen molar-refractivity contribution >= 4 is 5.91 Å². The fourth-order valence-corrected chi connectivity index (χ4v) is 1.90. The lowest BCUT2D eigenvalue weighted by molar-refractivity contribution is -0.135. The molecule has 1 unspecified atom stereocenters. The van der Waals surface area contributed by atoms with Gasteiger partial charge in [0.25, 0.3) is 0 Å². The van der Waals surface area contributed by atoms with E-state index < -0.39 is 0 Å². The van der Waals surface area contributed by atoms with E-state index >= 15 is 0 Å². The normalized spacial score (nSPS) is 21.2. The number of hydrogen-bond donors (Lipinski definition) is 1. The van der Waals surface area contributed by atoms with Gasteiger partial charge in [-0.2, -0.15) is 0 Å². The van der Waals surface area contributed by atoms with Crippen LogP contribution in [0, 0.1) is 0 Å². The van der Waals surface area contributed by atoms with E-state index in [1.54, 1.807) is 6.20 Å². The molecule has 0 aromatic carbocycles. The van der Waals surface area contributed by atoms with E-state index in [1.165, 1.54) is 0 Å². The Balaban J connectivity index is 1.88. The van der Waals surface area contributed by atoms with Gasteiger partial charge in [0.15, 0.2) is 0 Å². The lowest BCUT2D eigenvalue weighted by Gasteiger charge is -2.31. The zero-order valence-electron chi connectivity index (χ0n) is 9.52. The van der Waals surface area contributed by atoms with Crippen molar-refractivity contribution in [2.24, 2.45) is 0 Å². The van der Waals surface area contributed by atoms with Crippen LogP contribution in [0.3, 0.4) is 0 Å². The lowest BCUT2D eigenvalue weighted by atomic mass is 10.2. The summed E-state index contributed by atoms with van der Waals surface area (Å²) in [7, 11) is 0. The van der Waals surface area contributed by atoms with Crippen LogP contribution in [0.4, 0.5) is 0 Å². The van der Waals surface area contributed by atoms with E-state index in [1.807, 2.05) is 30.0 Å². The number of carbonyl (C=O) groups excluding carboxylic acids is 1. The fourth-order valence-electron chi connectivity index (χ4n) is 1.90. The highest BCUT2D eigenvalue weighted by Gasteiger charge is 2.23. The van der Waals surface area contributed by atoms with Crippen molar-refractivity contribution in [3.8, 4) is 0 Å². The van der Waals surface area contributed by atoms with Crippen molar-refractivity contribution in [1.29, 1.82) is 0 Å². The van der Waals surface area contributed by atoms with Crippen LogP contribution in [0.2, 0.25) is 0 Å². The average molecular weight is 219 g/mol. The molecule has 0 spiro atoms. The molecular formula is C12H17N3O. The summed E-state index contributed by atoms with van der Waals surface area (Å²) >= 11 is 0. The molecule has 86 valence electrons. The van der Waals surface area contributed by atoms with Crippen LogP contribution < -0.4 is 5.32 Å². The lowest BCUT2D eigenvalue weighted by Crippen LogP contribution is -2.54. The number of pyridine rings is 1. The SMILES string of the molecule is CC1NCCN(CCc2ccccn2)C1=O. The number of amides is 1. The van der Waals surface area contributed by atoms with Crippen LogP contribution in [0.25, 0.3) is 0 Å². The minimum Gasteiger partial charge on any atom is -0.340 e. The van der Waals surface area contributed by atoms with E-state index in [9.17, 15) is 4.79 Å². The van der Waals surface area contributed by atoms with Gasteiger partial charge in [0.05, 0.1) is 6.04 Å². The first-order valence-corrected chi connectivity index (χ1v) is 5.69. The first-order chi connectivity index (χ1) is 7.77. The highest BCUT2D eigenvalue weighted by atomic mass is 16.2.